The molecule has 0 fully saturated rings. The summed E-state index contributed by atoms with van der Waals surface area (Å²) in [5, 5.41) is 19.9. The highest BCUT2D eigenvalue weighted by molar-refractivity contribution is 5.26. The fourth-order valence-electron chi connectivity index (χ4n) is 1.61. The molecule has 1 aromatic rings. The van der Waals surface area contributed by atoms with Crippen LogP contribution in [0.25, 0.3) is 0 Å². The van der Waals surface area contributed by atoms with E-state index >= 15 is 0 Å². The van der Waals surface area contributed by atoms with Crippen LogP contribution in [0.5, 0.6) is 0 Å². The topological polar surface area (TPSA) is 40.5 Å². The van der Waals surface area contributed by atoms with E-state index in [9.17, 15) is 10.2 Å². The lowest BCUT2D eigenvalue weighted by atomic mass is 9.91. The second-order valence-electron chi connectivity index (χ2n) is 5.40. The van der Waals surface area contributed by atoms with Gasteiger partial charge >= 0.3 is 0 Å². The fraction of sp³-hybridized carbons (Fsp3) is 0.467. The number of rotatable bonds is 4. The van der Waals surface area contributed by atoms with Crippen molar-refractivity contribution in [2.75, 3.05) is 0 Å². The Morgan fingerprint density at radius 3 is 2.06 bits per heavy atom. The molecule has 0 aliphatic carbocycles. The van der Waals surface area contributed by atoms with Gasteiger partial charge in [0.25, 0.3) is 0 Å². The van der Waals surface area contributed by atoms with Gasteiger partial charge in [-0.3, -0.25) is 0 Å². The first kappa shape index (κ1) is 13.9. The van der Waals surface area contributed by atoms with E-state index in [1.807, 2.05) is 37.3 Å². The summed E-state index contributed by atoms with van der Waals surface area (Å²) < 4.78 is 0. The molecule has 94 valence electrons. The highest BCUT2D eigenvalue weighted by Crippen LogP contribution is 2.25. The molecule has 0 amide bonds. The minimum Gasteiger partial charge on any atom is -0.386 e. The van der Waals surface area contributed by atoms with Crippen molar-refractivity contribution >= 4 is 0 Å². The Labute approximate surface area is 104 Å². The molecule has 0 saturated carbocycles. The molecule has 2 N–H and O–H groups in total. The standard InChI is InChI=1S/C15H22O2/c1-12-6-8-13(9-7-12)15(4,17)11-5-10-14(2,3)16/h5-10,16-17H,11H2,1-4H3/b10-5+. The molecule has 0 aromatic heterocycles. The molecule has 0 radical (unpaired) electrons. The predicted octanol–water partition coefficient (Wildman–Crippen LogP) is 2.92. The average molecular weight is 234 g/mol. The summed E-state index contributed by atoms with van der Waals surface area (Å²) in [6, 6.07) is 7.85. The molecule has 0 aliphatic heterocycles. The van der Waals surface area contributed by atoms with Crippen molar-refractivity contribution in [3.8, 4) is 0 Å². The molecule has 1 atom stereocenters. The van der Waals surface area contributed by atoms with Gasteiger partial charge in [-0.2, -0.15) is 0 Å². The van der Waals surface area contributed by atoms with Crippen LogP contribution in [0.3, 0.4) is 0 Å². The maximum absolute atomic E-state index is 10.3. The van der Waals surface area contributed by atoms with Gasteiger partial charge in [-0.25, -0.2) is 0 Å². The van der Waals surface area contributed by atoms with Crippen LogP contribution in [0.2, 0.25) is 0 Å². The third-order valence-electron chi connectivity index (χ3n) is 2.71. The van der Waals surface area contributed by atoms with Crippen molar-refractivity contribution in [2.45, 2.75) is 45.3 Å². The molecular formula is C15H22O2. The van der Waals surface area contributed by atoms with E-state index in [0.29, 0.717) is 6.42 Å². The van der Waals surface area contributed by atoms with Crippen molar-refractivity contribution in [2.24, 2.45) is 0 Å². The summed E-state index contributed by atoms with van der Waals surface area (Å²) >= 11 is 0. The van der Waals surface area contributed by atoms with Gasteiger partial charge in [-0.05, 0) is 39.7 Å². The lowest BCUT2D eigenvalue weighted by Crippen LogP contribution is -2.21. The predicted molar refractivity (Wildman–Crippen MR) is 70.8 cm³/mol. The number of benzene rings is 1. The molecule has 1 rings (SSSR count). The monoisotopic (exact) mass is 234 g/mol. The van der Waals surface area contributed by atoms with Crippen molar-refractivity contribution < 1.29 is 10.2 Å². The summed E-state index contributed by atoms with van der Waals surface area (Å²) in [6.07, 6.45) is 4.01. The van der Waals surface area contributed by atoms with Crippen LogP contribution in [-0.2, 0) is 5.60 Å². The van der Waals surface area contributed by atoms with E-state index in [1.54, 1.807) is 26.8 Å². The third-order valence-corrected chi connectivity index (χ3v) is 2.71. The first-order chi connectivity index (χ1) is 7.71. The number of aliphatic hydroxyl groups is 2. The van der Waals surface area contributed by atoms with E-state index in [2.05, 4.69) is 0 Å². The van der Waals surface area contributed by atoms with Gasteiger partial charge < -0.3 is 10.2 Å². The van der Waals surface area contributed by atoms with E-state index in [0.717, 1.165) is 5.56 Å². The van der Waals surface area contributed by atoms with Crippen molar-refractivity contribution in [1.82, 2.24) is 0 Å². The summed E-state index contributed by atoms with van der Waals surface area (Å²) in [5.74, 6) is 0. The first-order valence-electron chi connectivity index (χ1n) is 5.90. The molecule has 0 spiro atoms. The maximum Gasteiger partial charge on any atom is 0.0902 e. The lowest BCUT2D eigenvalue weighted by molar-refractivity contribution is 0.0597. The van der Waals surface area contributed by atoms with Gasteiger partial charge in [0.1, 0.15) is 0 Å². The molecule has 2 nitrogen and oxygen atoms in total. The highest BCUT2D eigenvalue weighted by atomic mass is 16.3. The van der Waals surface area contributed by atoms with Crippen LogP contribution in [0.4, 0.5) is 0 Å². The zero-order chi connectivity index (χ0) is 13.1. The first-order valence-corrected chi connectivity index (χ1v) is 5.90. The second-order valence-corrected chi connectivity index (χ2v) is 5.40. The Kier molecular flexibility index (Phi) is 4.12. The number of hydrogen-bond acceptors (Lipinski definition) is 2. The lowest BCUT2D eigenvalue weighted by Gasteiger charge is -2.23. The smallest absolute Gasteiger partial charge is 0.0902 e. The number of hydrogen-bond donors (Lipinski definition) is 2. The Morgan fingerprint density at radius 1 is 1.06 bits per heavy atom. The van der Waals surface area contributed by atoms with Crippen LogP contribution in [0, 0.1) is 6.92 Å². The Bertz CT molecular complexity index is 380. The molecule has 0 bridgehead atoms. The van der Waals surface area contributed by atoms with Gasteiger partial charge in [0.15, 0.2) is 0 Å². The molecular weight excluding hydrogens is 212 g/mol. The maximum atomic E-state index is 10.3. The van der Waals surface area contributed by atoms with E-state index in [4.69, 9.17) is 0 Å². The highest BCUT2D eigenvalue weighted by Gasteiger charge is 2.21. The minimum atomic E-state index is -0.893. The van der Waals surface area contributed by atoms with Crippen LogP contribution >= 0.6 is 0 Å². The molecule has 1 aromatic carbocycles. The Hall–Kier alpha value is -1.12. The molecule has 0 aliphatic rings. The SMILES string of the molecule is Cc1ccc(C(C)(O)C/C=C/C(C)(C)O)cc1. The summed E-state index contributed by atoms with van der Waals surface area (Å²) in [5.41, 5.74) is 0.346. The van der Waals surface area contributed by atoms with Crippen molar-refractivity contribution in [3.05, 3.63) is 47.5 Å². The van der Waals surface area contributed by atoms with Gasteiger partial charge in [-0.1, -0.05) is 42.0 Å². The summed E-state index contributed by atoms with van der Waals surface area (Å²) in [7, 11) is 0. The zero-order valence-electron chi connectivity index (χ0n) is 11.1. The summed E-state index contributed by atoms with van der Waals surface area (Å²) in [6.45, 7) is 7.23. The van der Waals surface area contributed by atoms with Crippen molar-refractivity contribution in [3.63, 3.8) is 0 Å². The Balaban J connectivity index is 2.75. The van der Waals surface area contributed by atoms with Crippen LogP contribution in [0.15, 0.2) is 36.4 Å². The number of aryl methyl sites for hydroxylation is 1. The van der Waals surface area contributed by atoms with Gasteiger partial charge in [-0.15, -0.1) is 0 Å². The van der Waals surface area contributed by atoms with Gasteiger partial charge in [0.2, 0.25) is 0 Å². The van der Waals surface area contributed by atoms with Gasteiger partial charge in [0.05, 0.1) is 11.2 Å². The van der Waals surface area contributed by atoms with Crippen molar-refractivity contribution in [1.29, 1.82) is 0 Å². The van der Waals surface area contributed by atoms with E-state index < -0.39 is 11.2 Å². The molecule has 0 heterocycles. The fourth-order valence-corrected chi connectivity index (χ4v) is 1.61. The third kappa shape index (κ3) is 4.72. The van der Waals surface area contributed by atoms with Crippen LogP contribution < -0.4 is 0 Å². The van der Waals surface area contributed by atoms with Gasteiger partial charge in [0, 0.05) is 0 Å². The normalized spacial score (nSPS) is 16.1. The van der Waals surface area contributed by atoms with E-state index in [1.165, 1.54) is 5.56 Å². The molecule has 0 saturated heterocycles. The summed E-state index contributed by atoms with van der Waals surface area (Å²) in [4.78, 5) is 0. The Morgan fingerprint density at radius 2 is 1.59 bits per heavy atom. The molecule has 1 unspecified atom stereocenters. The van der Waals surface area contributed by atoms with Crippen LogP contribution in [-0.4, -0.2) is 15.8 Å². The zero-order valence-corrected chi connectivity index (χ0v) is 11.1. The minimum absolute atomic E-state index is 0.486. The van der Waals surface area contributed by atoms with Crippen LogP contribution in [0.1, 0.15) is 38.3 Å². The quantitative estimate of drug-likeness (QED) is 0.786. The largest absolute Gasteiger partial charge is 0.386 e. The van der Waals surface area contributed by atoms with E-state index in [-0.39, 0.29) is 0 Å². The average Bonchev–Trinajstić information content (AvgIpc) is 2.15. The molecule has 2 heteroatoms. The second kappa shape index (κ2) is 5.03. The molecule has 17 heavy (non-hydrogen) atoms.